The number of hydrogen-bond donors (Lipinski definition) is 1. The van der Waals surface area contributed by atoms with E-state index >= 15 is 0 Å². The van der Waals surface area contributed by atoms with E-state index in [2.05, 4.69) is 5.32 Å². The van der Waals surface area contributed by atoms with Crippen molar-refractivity contribution in [2.75, 3.05) is 25.0 Å². The van der Waals surface area contributed by atoms with Crippen LogP contribution in [0.25, 0.3) is 0 Å². The van der Waals surface area contributed by atoms with Gasteiger partial charge in [0.25, 0.3) is 5.91 Å². The Morgan fingerprint density at radius 3 is 2.68 bits per heavy atom. The fourth-order valence-electron chi connectivity index (χ4n) is 3.13. The number of amides is 1. The molecule has 6 nitrogen and oxygen atoms in total. The van der Waals surface area contributed by atoms with Crippen LogP contribution in [-0.2, 0) is 14.8 Å². The van der Waals surface area contributed by atoms with Crippen LogP contribution < -0.4 is 10.1 Å². The summed E-state index contributed by atoms with van der Waals surface area (Å²) in [6.45, 7) is 2.82. The molecule has 0 saturated carbocycles. The summed E-state index contributed by atoms with van der Waals surface area (Å²) >= 11 is 0. The van der Waals surface area contributed by atoms with Crippen LogP contribution in [0.3, 0.4) is 0 Å². The van der Waals surface area contributed by atoms with Crippen LogP contribution in [0.5, 0.6) is 5.75 Å². The van der Waals surface area contributed by atoms with Gasteiger partial charge in [0.2, 0.25) is 10.0 Å². The Morgan fingerprint density at radius 1 is 1.25 bits per heavy atom. The van der Waals surface area contributed by atoms with Gasteiger partial charge in [-0.05, 0) is 55.2 Å². The van der Waals surface area contributed by atoms with Gasteiger partial charge in [-0.2, -0.15) is 4.31 Å². The van der Waals surface area contributed by atoms with Crippen LogP contribution in [0.15, 0.2) is 53.4 Å². The molecule has 8 heteroatoms. The number of hydrogen-bond acceptors (Lipinski definition) is 4. The summed E-state index contributed by atoms with van der Waals surface area (Å²) in [5.41, 5.74) is 0.457. The fraction of sp³-hybridized carbons (Fsp3) is 0.350. The normalized spacial score (nSPS) is 17.9. The molecular weight excluding hydrogens is 383 g/mol. The van der Waals surface area contributed by atoms with E-state index in [0.29, 0.717) is 24.7 Å². The highest BCUT2D eigenvalue weighted by Crippen LogP contribution is 2.24. The molecular formula is C20H23FN2O4S. The predicted molar refractivity (Wildman–Crippen MR) is 104 cm³/mol. The summed E-state index contributed by atoms with van der Waals surface area (Å²) in [4.78, 5) is 12.2. The molecule has 1 unspecified atom stereocenters. The number of piperidine rings is 1. The minimum Gasteiger partial charge on any atom is -0.484 e. The molecule has 1 aliphatic heterocycles. The molecule has 3 rings (SSSR count). The zero-order chi connectivity index (χ0) is 20.1. The van der Waals surface area contributed by atoms with Crippen LogP contribution >= 0.6 is 0 Å². The third-order valence-corrected chi connectivity index (χ3v) is 6.44. The van der Waals surface area contributed by atoms with Gasteiger partial charge >= 0.3 is 0 Å². The Bertz CT molecular complexity index is 931. The van der Waals surface area contributed by atoms with Gasteiger partial charge in [0.15, 0.2) is 6.61 Å². The van der Waals surface area contributed by atoms with E-state index in [9.17, 15) is 17.6 Å². The number of anilines is 1. The molecule has 2 aromatic rings. The first-order valence-electron chi connectivity index (χ1n) is 9.13. The minimum atomic E-state index is -3.53. The van der Waals surface area contributed by atoms with Crippen molar-refractivity contribution >= 4 is 21.6 Å². The van der Waals surface area contributed by atoms with E-state index in [4.69, 9.17) is 4.74 Å². The van der Waals surface area contributed by atoms with Gasteiger partial charge in [-0.15, -0.1) is 0 Å². The number of carbonyl (C=O) groups excluding carboxylic acids is 1. The largest absolute Gasteiger partial charge is 0.484 e. The molecule has 1 saturated heterocycles. The molecule has 1 atom stereocenters. The lowest BCUT2D eigenvalue weighted by molar-refractivity contribution is -0.118. The third kappa shape index (κ3) is 5.08. The first-order valence-corrected chi connectivity index (χ1v) is 10.6. The molecule has 28 heavy (non-hydrogen) atoms. The smallest absolute Gasteiger partial charge is 0.262 e. The fourth-order valence-corrected chi connectivity index (χ4v) is 4.73. The molecule has 1 amide bonds. The molecule has 1 fully saturated rings. The first-order chi connectivity index (χ1) is 13.3. The highest BCUT2D eigenvalue weighted by molar-refractivity contribution is 7.89. The number of carbonyl (C=O) groups is 1. The second kappa shape index (κ2) is 8.70. The van der Waals surface area contributed by atoms with Crippen LogP contribution in [0, 0.1) is 11.7 Å². The standard InChI is InChI=1S/C20H23FN2O4S/c1-15-4-3-11-23(13-15)28(25,26)19-9-7-17(8-10-19)22-20(24)14-27-18-6-2-5-16(21)12-18/h2,5-10,12,15H,3-4,11,13-14H2,1H3,(H,22,24). The zero-order valence-electron chi connectivity index (χ0n) is 15.6. The maximum absolute atomic E-state index is 13.1. The van der Waals surface area contributed by atoms with Crippen LogP contribution in [-0.4, -0.2) is 38.3 Å². The SMILES string of the molecule is CC1CCCN(S(=O)(=O)c2ccc(NC(=O)COc3cccc(F)c3)cc2)C1. The highest BCUT2D eigenvalue weighted by Gasteiger charge is 2.28. The average Bonchev–Trinajstić information content (AvgIpc) is 2.67. The molecule has 0 aromatic heterocycles. The van der Waals surface area contributed by atoms with E-state index < -0.39 is 21.7 Å². The van der Waals surface area contributed by atoms with Crippen molar-refractivity contribution in [3.05, 3.63) is 54.3 Å². The monoisotopic (exact) mass is 406 g/mol. The van der Waals surface area contributed by atoms with E-state index in [-0.39, 0.29) is 17.3 Å². The molecule has 0 aliphatic carbocycles. The van der Waals surface area contributed by atoms with Crippen LogP contribution in [0.2, 0.25) is 0 Å². The van der Waals surface area contributed by atoms with Gasteiger partial charge in [0.05, 0.1) is 4.90 Å². The summed E-state index contributed by atoms with van der Waals surface area (Å²) < 4.78 is 45.3. The Hall–Kier alpha value is -2.45. The Labute approximate surface area is 164 Å². The predicted octanol–water partition coefficient (Wildman–Crippen LogP) is 3.26. The summed E-state index contributed by atoms with van der Waals surface area (Å²) in [7, 11) is -3.53. The maximum atomic E-state index is 13.1. The Kier molecular flexibility index (Phi) is 6.31. The molecule has 1 heterocycles. The lowest BCUT2D eigenvalue weighted by atomic mass is 10.0. The molecule has 0 bridgehead atoms. The summed E-state index contributed by atoms with van der Waals surface area (Å²) in [5, 5.41) is 2.63. The van der Waals surface area contributed by atoms with E-state index in [0.717, 1.165) is 12.8 Å². The highest BCUT2D eigenvalue weighted by atomic mass is 32.2. The molecule has 1 N–H and O–H groups in total. The van der Waals surface area contributed by atoms with Crippen molar-refractivity contribution in [3.8, 4) is 5.75 Å². The second-order valence-corrected chi connectivity index (χ2v) is 8.87. The number of sulfonamides is 1. The average molecular weight is 406 g/mol. The number of nitrogens with zero attached hydrogens (tertiary/aromatic N) is 1. The number of rotatable bonds is 6. The van der Waals surface area contributed by atoms with Gasteiger partial charge < -0.3 is 10.1 Å². The summed E-state index contributed by atoms with van der Waals surface area (Å²) in [6.07, 6.45) is 1.90. The van der Waals surface area contributed by atoms with Crippen molar-refractivity contribution in [1.29, 1.82) is 0 Å². The van der Waals surface area contributed by atoms with Crippen molar-refractivity contribution in [1.82, 2.24) is 4.31 Å². The van der Waals surface area contributed by atoms with Crippen molar-refractivity contribution in [2.45, 2.75) is 24.7 Å². The van der Waals surface area contributed by atoms with Gasteiger partial charge in [-0.3, -0.25) is 4.79 Å². The van der Waals surface area contributed by atoms with Crippen molar-refractivity contribution < 1.29 is 22.3 Å². The van der Waals surface area contributed by atoms with Gasteiger partial charge in [-0.1, -0.05) is 13.0 Å². The number of benzene rings is 2. The van der Waals surface area contributed by atoms with Gasteiger partial charge in [0, 0.05) is 24.8 Å². The van der Waals surface area contributed by atoms with Crippen LogP contribution in [0.1, 0.15) is 19.8 Å². The topological polar surface area (TPSA) is 75.7 Å². The summed E-state index contributed by atoms with van der Waals surface area (Å²) in [5.74, 6) is -0.268. The number of nitrogens with one attached hydrogen (secondary N) is 1. The van der Waals surface area contributed by atoms with E-state index in [1.54, 1.807) is 18.2 Å². The Morgan fingerprint density at radius 2 is 2.00 bits per heavy atom. The van der Waals surface area contributed by atoms with Crippen molar-refractivity contribution in [2.24, 2.45) is 5.92 Å². The van der Waals surface area contributed by atoms with Gasteiger partial charge in [0.1, 0.15) is 11.6 Å². The van der Waals surface area contributed by atoms with Gasteiger partial charge in [-0.25, -0.2) is 12.8 Å². The maximum Gasteiger partial charge on any atom is 0.262 e. The molecule has 2 aromatic carbocycles. The van der Waals surface area contributed by atoms with E-state index in [1.165, 1.54) is 34.6 Å². The minimum absolute atomic E-state index is 0.204. The molecule has 0 radical (unpaired) electrons. The zero-order valence-corrected chi connectivity index (χ0v) is 16.4. The number of ether oxygens (including phenoxy) is 1. The number of halogens is 1. The lowest BCUT2D eigenvalue weighted by Gasteiger charge is -2.30. The van der Waals surface area contributed by atoms with Crippen molar-refractivity contribution in [3.63, 3.8) is 0 Å². The molecule has 1 aliphatic rings. The second-order valence-electron chi connectivity index (χ2n) is 6.93. The third-order valence-electron chi connectivity index (χ3n) is 4.56. The molecule has 0 spiro atoms. The summed E-state index contributed by atoms with van der Waals surface area (Å²) in [6, 6.07) is 11.6. The lowest BCUT2D eigenvalue weighted by Crippen LogP contribution is -2.39. The quantitative estimate of drug-likeness (QED) is 0.799. The Balaban J connectivity index is 1.58. The van der Waals surface area contributed by atoms with Crippen LogP contribution in [0.4, 0.5) is 10.1 Å². The van der Waals surface area contributed by atoms with E-state index in [1.807, 2.05) is 6.92 Å². The first kappa shape index (κ1) is 20.3. The molecule has 150 valence electrons.